The number of halogens is 2. The zero-order valence-corrected chi connectivity index (χ0v) is 11.4. The predicted molar refractivity (Wildman–Crippen MR) is 69.0 cm³/mol. The first-order valence-corrected chi connectivity index (χ1v) is 7.49. The van der Waals surface area contributed by atoms with Crippen LogP contribution in [0.3, 0.4) is 0 Å². The van der Waals surface area contributed by atoms with Gasteiger partial charge in [-0.05, 0) is 41.2 Å². The number of alkyl halides is 2. The standard InChI is InChI=1S/C13H12Br2/c14-12-8-5-9(13(12)15)11-7-4-2-1-3-6(7)10(8)11/h1-4,8-13H,5H2/t8-,9+,10+,11-,12-,13+. The zero-order valence-electron chi connectivity index (χ0n) is 8.24. The first-order valence-electron chi connectivity index (χ1n) is 5.66. The van der Waals surface area contributed by atoms with E-state index in [4.69, 9.17) is 0 Å². The van der Waals surface area contributed by atoms with E-state index in [2.05, 4.69) is 56.1 Å². The lowest BCUT2D eigenvalue weighted by Crippen LogP contribution is -2.39. The Balaban J connectivity index is 1.84. The van der Waals surface area contributed by atoms with E-state index in [0.717, 1.165) is 23.7 Å². The molecule has 3 aliphatic carbocycles. The average Bonchev–Trinajstić information content (AvgIpc) is 2.70. The molecule has 0 nitrogen and oxygen atoms in total. The highest BCUT2D eigenvalue weighted by Gasteiger charge is 2.61. The quantitative estimate of drug-likeness (QED) is 0.631. The van der Waals surface area contributed by atoms with Crippen molar-refractivity contribution >= 4 is 31.9 Å². The van der Waals surface area contributed by atoms with E-state index in [1.165, 1.54) is 6.42 Å². The Labute approximate surface area is 107 Å². The van der Waals surface area contributed by atoms with Gasteiger partial charge < -0.3 is 0 Å². The van der Waals surface area contributed by atoms with Crippen LogP contribution in [0.2, 0.25) is 0 Å². The third-order valence-electron chi connectivity index (χ3n) is 4.69. The van der Waals surface area contributed by atoms with Crippen molar-refractivity contribution in [3.8, 4) is 0 Å². The van der Waals surface area contributed by atoms with Crippen molar-refractivity contribution in [2.45, 2.75) is 27.9 Å². The molecular formula is C13H12Br2. The Hall–Kier alpha value is 0.180. The number of benzene rings is 1. The lowest BCUT2D eigenvalue weighted by Gasteiger charge is -2.46. The minimum absolute atomic E-state index is 0.692. The molecule has 0 aliphatic heterocycles. The van der Waals surface area contributed by atoms with Gasteiger partial charge in [0, 0.05) is 9.65 Å². The minimum atomic E-state index is 0.692. The van der Waals surface area contributed by atoms with Crippen molar-refractivity contribution in [3.05, 3.63) is 35.4 Å². The van der Waals surface area contributed by atoms with Gasteiger partial charge in [-0.3, -0.25) is 0 Å². The van der Waals surface area contributed by atoms with Crippen molar-refractivity contribution in [3.63, 3.8) is 0 Å². The summed E-state index contributed by atoms with van der Waals surface area (Å²) in [4.78, 5) is 1.38. The lowest BCUT2D eigenvalue weighted by atomic mass is 9.61. The van der Waals surface area contributed by atoms with E-state index in [0.29, 0.717) is 9.65 Å². The summed E-state index contributed by atoms with van der Waals surface area (Å²) in [5, 5.41) is 0. The van der Waals surface area contributed by atoms with Crippen LogP contribution < -0.4 is 0 Å². The monoisotopic (exact) mass is 326 g/mol. The van der Waals surface area contributed by atoms with Gasteiger partial charge in [0.1, 0.15) is 0 Å². The first-order chi connectivity index (χ1) is 7.29. The van der Waals surface area contributed by atoms with Gasteiger partial charge in [0.15, 0.2) is 0 Å². The first kappa shape index (κ1) is 9.23. The molecule has 2 saturated carbocycles. The van der Waals surface area contributed by atoms with Gasteiger partial charge in [-0.25, -0.2) is 0 Å². The second kappa shape index (κ2) is 2.89. The summed E-state index contributed by atoms with van der Waals surface area (Å²) < 4.78 is 0. The number of rotatable bonds is 0. The molecule has 0 amide bonds. The van der Waals surface area contributed by atoms with Crippen LogP contribution in [0.25, 0.3) is 0 Å². The summed E-state index contributed by atoms with van der Waals surface area (Å²) in [6, 6.07) is 9.05. The van der Waals surface area contributed by atoms with Crippen LogP contribution >= 0.6 is 31.9 Å². The summed E-state index contributed by atoms with van der Waals surface area (Å²) in [7, 11) is 0. The third kappa shape index (κ3) is 0.945. The maximum atomic E-state index is 3.87. The summed E-state index contributed by atoms with van der Waals surface area (Å²) in [5.41, 5.74) is 3.28. The van der Waals surface area contributed by atoms with Crippen LogP contribution in [-0.2, 0) is 0 Å². The van der Waals surface area contributed by atoms with Crippen molar-refractivity contribution in [2.75, 3.05) is 0 Å². The molecule has 2 heteroatoms. The van der Waals surface area contributed by atoms with E-state index in [9.17, 15) is 0 Å². The predicted octanol–water partition coefficient (Wildman–Crippen LogP) is 4.04. The maximum Gasteiger partial charge on any atom is 0.0308 e. The number of hydrogen-bond donors (Lipinski definition) is 0. The fraction of sp³-hybridized carbons (Fsp3) is 0.538. The van der Waals surface area contributed by atoms with Crippen LogP contribution in [-0.4, -0.2) is 9.65 Å². The Kier molecular flexibility index (Phi) is 1.78. The van der Waals surface area contributed by atoms with Gasteiger partial charge in [-0.15, -0.1) is 0 Å². The second-order valence-corrected chi connectivity index (χ2v) is 7.25. The van der Waals surface area contributed by atoms with Gasteiger partial charge >= 0.3 is 0 Å². The van der Waals surface area contributed by atoms with E-state index in [-0.39, 0.29) is 0 Å². The smallest absolute Gasteiger partial charge is 0.0308 e. The van der Waals surface area contributed by atoms with Gasteiger partial charge in [-0.2, -0.15) is 0 Å². The molecule has 2 fully saturated rings. The molecule has 0 saturated heterocycles. The van der Waals surface area contributed by atoms with E-state index >= 15 is 0 Å². The van der Waals surface area contributed by atoms with Crippen LogP contribution in [0.4, 0.5) is 0 Å². The highest BCUT2D eigenvalue weighted by Crippen LogP contribution is 2.69. The number of hydrogen-bond acceptors (Lipinski definition) is 0. The molecule has 6 atom stereocenters. The normalized spacial score (nSPS) is 49.7. The molecule has 1 aromatic carbocycles. The molecule has 3 aliphatic rings. The highest BCUT2D eigenvalue weighted by molar-refractivity contribution is 9.12. The molecule has 2 bridgehead atoms. The molecule has 1 aromatic rings. The molecule has 0 radical (unpaired) electrons. The SMILES string of the molecule is Br[C@@H]1[C@H](Br)[C@@H]2C[C@H]1[C@H]1c3ccccc3[C@@H]21. The zero-order chi connectivity index (χ0) is 10.2. The molecule has 0 unspecified atom stereocenters. The topological polar surface area (TPSA) is 0 Å². The Morgan fingerprint density at radius 1 is 0.867 bits per heavy atom. The summed E-state index contributed by atoms with van der Waals surface area (Å²) >= 11 is 7.73. The molecular weight excluding hydrogens is 316 g/mol. The molecule has 0 N–H and O–H groups in total. The van der Waals surface area contributed by atoms with Crippen molar-refractivity contribution in [1.29, 1.82) is 0 Å². The van der Waals surface area contributed by atoms with E-state index in [1.54, 1.807) is 11.1 Å². The molecule has 15 heavy (non-hydrogen) atoms. The van der Waals surface area contributed by atoms with Crippen LogP contribution in [0.1, 0.15) is 29.4 Å². The van der Waals surface area contributed by atoms with E-state index < -0.39 is 0 Å². The van der Waals surface area contributed by atoms with Gasteiger partial charge in [0.25, 0.3) is 0 Å². The molecule has 4 rings (SSSR count). The maximum absolute atomic E-state index is 3.87. The average molecular weight is 328 g/mol. The Morgan fingerprint density at radius 3 is 1.80 bits per heavy atom. The van der Waals surface area contributed by atoms with Crippen LogP contribution in [0.15, 0.2) is 24.3 Å². The van der Waals surface area contributed by atoms with Crippen molar-refractivity contribution in [2.24, 2.45) is 11.8 Å². The fourth-order valence-electron chi connectivity index (χ4n) is 4.14. The molecule has 0 aromatic heterocycles. The van der Waals surface area contributed by atoms with Gasteiger partial charge in [0.05, 0.1) is 0 Å². The Morgan fingerprint density at radius 2 is 1.33 bits per heavy atom. The fourth-order valence-corrected chi connectivity index (χ4v) is 6.01. The van der Waals surface area contributed by atoms with Gasteiger partial charge in [-0.1, -0.05) is 56.1 Å². The molecule has 78 valence electrons. The highest BCUT2D eigenvalue weighted by atomic mass is 79.9. The molecule has 0 spiro atoms. The van der Waals surface area contributed by atoms with Crippen LogP contribution in [0.5, 0.6) is 0 Å². The van der Waals surface area contributed by atoms with Crippen molar-refractivity contribution in [1.82, 2.24) is 0 Å². The Bertz CT molecular complexity index is 389. The minimum Gasteiger partial charge on any atom is -0.0875 e. The van der Waals surface area contributed by atoms with Crippen LogP contribution in [0, 0.1) is 11.8 Å². The summed E-state index contributed by atoms with van der Waals surface area (Å²) in [6.07, 6.45) is 1.41. The van der Waals surface area contributed by atoms with E-state index in [1.807, 2.05) is 0 Å². The summed E-state index contributed by atoms with van der Waals surface area (Å²) in [6.45, 7) is 0. The van der Waals surface area contributed by atoms with Gasteiger partial charge in [0.2, 0.25) is 0 Å². The largest absolute Gasteiger partial charge is 0.0875 e. The third-order valence-corrected chi connectivity index (χ3v) is 7.90. The second-order valence-electron chi connectivity index (χ2n) is 5.13. The molecule has 0 heterocycles. The summed E-state index contributed by atoms with van der Waals surface area (Å²) in [5.74, 6) is 3.48. The number of fused-ring (bicyclic) bond motifs is 8. The lowest BCUT2D eigenvalue weighted by molar-refractivity contribution is 0.343. The van der Waals surface area contributed by atoms with Crippen molar-refractivity contribution < 1.29 is 0 Å².